The molecule has 31 heavy (non-hydrogen) atoms. The highest BCUT2D eigenvalue weighted by molar-refractivity contribution is 5.97. The first kappa shape index (κ1) is 20.7. The van der Waals surface area contributed by atoms with Crippen LogP contribution in [0.4, 0.5) is 0 Å². The van der Waals surface area contributed by atoms with E-state index in [0.29, 0.717) is 37.4 Å². The maximum Gasteiger partial charge on any atom is 0.257 e. The van der Waals surface area contributed by atoms with E-state index in [1.54, 1.807) is 24.1 Å². The highest BCUT2D eigenvalue weighted by Gasteiger charge is 2.29. The Kier molecular flexibility index (Phi) is 6.32. The molecule has 3 aromatic carbocycles. The first-order valence-corrected chi connectivity index (χ1v) is 10.5. The SMILES string of the molecule is COc1ccccc1C(=O)N1CCNC(=O)[C@H](Cc2ccc(-c3ccccc3)cc2)C1. The van der Waals surface area contributed by atoms with E-state index in [1.807, 2.05) is 30.3 Å². The van der Waals surface area contributed by atoms with Crippen LogP contribution in [0.3, 0.4) is 0 Å². The van der Waals surface area contributed by atoms with Gasteiger partial charge in [0.1, 0.15) is 5.75 Å². The highest BCUT2D eigenvalue weighted by atomic mass is 16.5. The number of hydrogen-bond acceptors (Lipinski definition) is 3. The summed E-state index contributed by atoms with van der Waals surface area (Å²) in [6, 6.07) is 25.7. The number of hydrogen-bond donors (Lipinski definition) is 1. The molecule has 0 bridgehead atoms. The molecule has 1 aliphatic rings. The molecule has 3 aromatic rings. The van der Waals surface area contributed by atoms with Gasteiger partial charge in [-0.3, -0.25) is 9.59 Å². The summed E-state index contributed by atoms with van der Waals surface area (Å²) in [7, 11) is 1.56. The van der Waals surface area contributed by atoms with E-state index >= 15 is 0 Å². The summed E-state index contributed by atoms with van der Waals surface area (Å²) >= 11 is 0. The van der Waals surface area contributed by atoms with Gasteiger partial charge < -0.3 is 15.0 Å². The quantitative estimate of drug-likeness (QED) is 0.691. The lowest BCUT2D eigenvalue weighted by Crippen LogP contribution is -2.37. The lowest BCUT2D eigenvalue weighted by atomic mass is 9.96. The molecule has 1 heterocycles. The Morgan fingerprint density at radius 3 is 2.39 bits per heavy atom. The average Bonchev–Trinajstić information content (AvgIpc) is 3.01. The van der Waals surface area contributed by atoms with Gasteiger partial charge in [0, 0.05) is 19.6 Å². The molecular formula is C26H26N2O3. The molecular weight excluding hydrogens is 388 g/mol. The summed E-state index contributed by atoms with van der Waals surface area (Å²) in [5.74, 6) is 0.119. The summed E-state index contributed by atoms with van der Waals surface area (Å²) in [4.78, 5) is 27.6. The minimum atomic E-state index is -0.302. The van der Waals surface area contributed by atoms with Crippen LogP contribution in [0.15, 0.2) is 78.9 Å². The zero-order valence-electron chi connectivity index (χ0n) is 17.6. The second-order valence-corrected chi connectivity index (χ2v) is 7.71. The van der Waals surface area contributed by atoms with Crippen molar-refractivity contribution in [1.82, 2.24) is 10.2 Å². The molecule has 1 atom stereocenters. The zero-order chi connectivity index (χ0) is 21.6. The Morgan fingerprint density at radius 2 is 1.65 bits per heavy atom. The minimum Gasteiger partial charge on any atom is -0.496 e. The van der Waals surface area contributed by atoms with Crippen molar-refractivity contribution in [1.29, 1.82) is 0 Å². The Balaban J connectivity index is 1.49. The third kappa shape index (κ3) is 4.77. The lowest BCUT2D eigenvalue weighted by Gasteiger charge is -2.24. The number of nitrogens with one attached hydrogen (secondary N) is 1. The van der Waals surface area contributed by atoms with Gasteiger partial charge in [0.15, 0.2) is 0 Å². The van der Waals surface area contributed by atoms with Gasteiger partial charge in [-0.15, -0.1) is 0 Å². The first-order chi connectivity index (χ1) is 15.2. The molecule has 0 aliphatic carbocycles. The molecule has 1 N–H and O–H groups in total. The van der Waals surface area contributed by atoms with Gasteiger partial charge in [-0.25, -0.2) is 0 Å². The van der Waals surface area contributed by atoms with Crippen molar-refractivity contribution in [2.75, 3.05) is 26.7 Å². The smallest absolute Gasteiger partial charge is 0.257 e. The van der Waals surface area contributed by atoms with Crippen LogP contribution in [0, 0.1) is 5.92 Å². The Bertz CT molecular complexity index is 1050. The molecule has 0 aromatic heterocycles. The number of ether oxygens (including phenoxy) is 1. The van der Waals surface area contributed by atoms with Crippen LogP contribution in [-0.4, -0.2) is 43.5 Å². The Hall–Kier alpha value is -3.60. The molecule has 5 heteroatoms. The predicted molar refractivity (Wildman–Crippen MR) is 121 cm³/mol. The Morgan fingerprint density at radius 1 is 0.968 bits per heavy atom. The van der Waals surface area contributed by atoms with Crippen LogP contribution in [-0.2, 0) is 11.2 Å². The molecule has 1 fully saturated rings. The second kappa shape index (κ2) is 9.47. The van der Waals surface area contributed by atoms with E-state index < -0.39 is 0 Å². The first-order valence-electron chi connectivity index (χ1n) is 10.5. The molecule has 2 amide bonds. The topological polar surface area (TPSA) is 58.6 Å². The highest BCUT2D eigenvalue weighted by Crippen LogP contribution is 2.23. The molecule has 0 radical (unpaired) electrons. The van der Waals surface area contributed by atoms with Gasteiger partial charge in [-0.2, -0.15) is 0 Å². The number of para-hydroxylation sites is 1. The standard InChI is InChI=1S/C26H26N2O3/c1-31-24-10-6-5-9-23(24)26(30)28-16-15-27-25(29)22(18-28)17-19-11-13-21(14-12-19)20-7-3-2-4-8-20/h2-14,22H,15-18H2,1H3,(H,27,29)/t22-/m1/s1. The monoisotopic (exact) mass is 414 g/mol. The zero-order valence-corrected chi connectivity index (χ0v) is 17.6. The van der Waals surface area contributed by atoms with Gasteiger partial charge in [0.2, 0.25) is 5.91 Å². The predicted octanol–water partition coefficient (Wildman–Crippen LogP) is 3.79. The maximum absolute atomic E-state index is 13.1. The number of methoxy groups -OCH3 is 1. The van der Waals surface area contributed by atoms with Crippen LogP contribution in [0.5, 0.6) is 5.75 Å². The number of rotatable bonds is 5. The second-order valence-electron chi connectivity index (χ2n) is 7.71. The van der Waals surface area contributed by atoms with E-state index in [1.165, 1.54) is 0 Å². The van der Waals surface area contributed by atoms with Crippen molar-refractivity contribution < 1.29 is 14.3 Å². The van der Waals surface area contributed by atoms with E-state index in [2.05, 4.69) is 41.7 Å². The van der Waals surface area contributed by atoms with Crippen molar-refractivity contribution in [3.05, 3.63) is 90.0 Å². The summed E-state index contributed by atoms with van der Waals surface area (Å²) in [6.45, 7) is 1.30. The minimum absolute atomic E-state index is 0.0116. The molecule has 5 nitrogen and oxygen atoms in total. The molecule has 1 aliphatic heterocycles. The van der Waals surface area contributed by atoms with Gasteiger partial charge in [0.05, 0.1) is 18.6 Å². The van der Waals surface area contributed by atoms with Gasteiger partial charge in [-0.1, -0.05) is 66.7 Å². The van der Waals surface area contributed by atoms with Crippen LogP contribution in [0.1, 0.15) is 15.9 Å². The van der Waals surface area contributed by atoms with Crippen molar-refractivity contribution in [2.24, 2.45) is 5.92 Å². The maximum atomic E-state index is 13.1. The van der Waals surface area contributed by atoms with E-state index in [0.717, 1.165) is 16.7 Å². The third-order valence-corrected chi connectivity index (χ3v) is 5.66. The number of carbonyl (C=O) groups is 2. The van der Waals surface area contributed by atoms with E-state index in [4.69, 9.17) is 4.74 Å². The number of carbonyl (C=O) groups excluding carboxylic acids is 2. The van der Waals surface area contributed by atoms with Gasteiger partial charge >= 0.3 is 0 Å². The van der Waals surface area contributed by atoms with Crippen LogP contribution in [0.2, 0.25) is 0 Å². The van der Waals surface area contributed by atoms with Crippen LogP contribution in [0.25, 0.3) is 11.1 Å². The van der Waals surface area contributed by atoms with Crippen LogP contribution >= 0.6 is 0 Å². The molecule has 1 saturated heterocycles. The molecule has 0 spiro atoms. The summed E-state index contributed by atoms with van der Waals surface area (Å²) in [5, 5.41) is 2.95. The normalized spacial score (nSPS) is 16.4. The van der Waals surface area contributed by atoms with Crippen LogP contribution < -0.4 is 10.1 Å². The van der Waals surface area contributed by atoms with E-state index in [-0.39, 0.29) is 17.7 Å². The molecule has 4 rings (SSSR count). The third-order valence-electron chi connectivity index (χ3n) is 5.66. The summed E-state index contributed by atoms with van der Waals surface area (Å²) in [6.07, 6.45) is 0.580. The fourth-order valence-electron chi connectivity index (χ4n) is 3.98. The molecule has 158 valence electrons. The number of nitrogens with zero attached hydrogens (tertiary/aromatic N) is 1. The molecule has 0 unspecified atom stereocenters. The number of benzene rings is 3. The fraction of sp³-hybridized carbons (Fsp3) is 0.231. The van der Waals surface area contributed by atoms with Crippen molar-refractivity contribution in [3.63, 3.8) is 0 Å². The van der Waals surface area contributed by atoms with Gasteiger partial charge in [-0.05, 0) is 35.2 Å². The Labute approximate surface area is 182 Å². The van der Waals surface area contributed by atoms with Gasteiger partial charge in [0.25, 0.3) is 5.91 Å². The summed E-state index contributed by atoms with van der Waals surface area (Å²) < 4.78 is 5.35. The van der Waals surface area contributed by atoms with Crippen molar-refractivity contribution >= 4 is 11.8 Å². The fourth-order valence-corrected chi connectivity index (χ4v) is 3.98. The average molecular weight is 415 g/mol. The number of amides is 2. The van der Waals surface area contributed by atoms with Crippen molar-refractivity contribution in [2.45, 2.75) is 6.42 Å². The molecule has 0 saturated carbocycles. The lowest BCUT2D eigenvalue weighted by molar-refractivity contribution is -0.124. The van der Waals surface area contributed by atoms with Crippen molar-refractivity contribution in [3.8, 4) is 16.9 Å². The largest absolute Gasteiger partial charge is 0.496 e. The summed E-state index contributed by atoms with van der Waals surface area (Å²) in [5.41, 5.74) is 3.90. The van der Waals surface area contributed by atoms with E-state index in [9.17, 15) is 9.59 Å².